The first-order chi connectivity index (χ1) is 13.9. The predicted molar refractivity (Wildman–Crippen MR) is 97.8 cm³/mol. The second-order valence-corrected chi connectivity index (χ2v) is 6.68. The molecule has 0 aliphatic carbocycles. The maximum Gasteiger partial charge on any atom is 0.276 e. The van der Waals surface area contributed by atoms with Crippen molar-refractivity contribution in [3.63, 3.8) is 0 Å². The monoisotopic (exact) mass is 402 g/mol. The number of hydrogen-bond acceptors (Lipinski definition) is 4. The quantitative estimate of drug-likeness (QED) is 0.632. The van der Waals surface area contributed by atoms with E-state index < -0.39 is 17.5 Å². The van der Waals surface area contributed by atoms with Crippen LogP contribution in [0.5, 0.6) is 5.75 Å². The van der Waals surface area contributed by atoms with Crippen LogP contribution in [0.3, 0.4) is 0 Å². The Bertz CT molecular complexity index is 1090. The van der Waals surface area contributed by atoms with E-state index in [-0.39, 0.29) is 23.7 Å². The van der Waals surface area contributed by atoms with Gasteiger partial charge in [-0.2, -0.15) is 5.10 Å². The molecule has 0 radical (unpaired) electrons. The summed E-state index contributed by atoms with van der Waals surface area (Å²) in [7, 11) is 3.11. The zero-order valence-electron chi connectivity index (χ0n) is 15.7. The fraction of sp³-hybridized carbons (Fsp3) is 0.250. The first-order valence-electron chi connectivity index (χ1n) is 8.88. The molecule has 1 aliphatic rings. The Hall–Kier alpha value is -3.36. The lowest BCUT2D eigenvalue weighted by Crippen LogP contribution is -2.36. The fourth-order valence-electron chi connectivity index (χ4n) is 3.61. The number of fused-ring (bicyclic) bond motifs is 1. The van der Waals surface area contributed by atoms with Gasteiger partial charge in [0.1, 0.15) is 5.75 Å². The highest BCUT2D eigenvalue weighted by atomic mass is 19.2. The van der Waals surface area contributed by atoms with Crippen LogP contribution in [-0.4, -0.2) is 39.2 Å². The molecule has 2 aromatic heterocycles. The number of methoxy groups -OCH3 is 1. The molecule has 0 spiro atoms. The second kappa shape index (κ2) is 7.23. The lowest BCUT2D eigenvalue weighted by Gasteiger charge is -2.26. The van der Waals surface area contributed by atoms with Crippen LogP contribution in [0.25, 0.3) is 11.3 Å². The first kappa shape index (κ1) is 19.0. The number of aromatic nitrogens is 3. The van der Waals surface area contributed by atoms with Crippen LogP contribution in [-0.2, 0) is 20.0 Å². The van der Waals surface area contributed by atoms with E-state index >= 15 is 0 Å². The highest BCUT2D eigenvalue weighted by Crippen LogP contribution is 2.32. The van der Waals surface area contributed by atoms with Gasteiger partial charge in [0.25, 0.3) is 5.91 Å². The molecule has 1 aromatic carbocycles. The second-order valence-electron chi connectivity index (χ2n) is 6.68. The molecule has 3 heterocycles. The Morgan fingerprint density at radius 2 is 1.93 bits per heavy atom. The largest absolute Gasteiger partial charge is 0.494 e. The van der Waals surface area contributed by atoms with Crippen LogP contribution >= 0.6 is 0 Å². The van der Waals surface area contributed by atoms with Crippen molar-refractivity contribution in [2.24, 2.45) is 7.05 Å². The van der Waals surface area contributed by atoms with Crippen LogP contribution in [0.1, 0.15) is 21.7 Å². The number of aryl methyl sites for hydroxylation is 1. The zero-order valence-corrected chi connectivity index (χ0v) is 15.7. The van der Waals surface area contributed by atoms with Crippen molar-refractivity contribution in [2.45, 2.75) is 13.0 Å². The van der Waals surface area contributed by atoms with Crippen LogP contribution in [0.15, 0.2) is 30.5 Å². The number of ether oxygens (including phenoxy) is 1. The highest BCUT2D eigenvalue weighted by molar-refractivity contribution is 5.95. The summed E-state index contributed by atoms with van der Waals surface area (Å²) in [5.74, 6) is -3.94. The number of rotatable bonds is 3. The van der Waals surface area contributed by atoms with Gasteiger partial charge < -0.3 is 9.64 Å². The third kappa shape index (κ3) is 3.22. The number of pyridine rings is 1. The van der Waals surface area contributed by atoms with Gasteiger partial charge in [-0.25, -0.2) is 18.2 Å². The number of amides is 1. The molecule has 29 heavy (non-hydrogen) atoms. The van der Waals surface area contributed by atoms with Gasteiger partial charge in [-0.3, -0.25) is 9.48 Å². The molecule has 0 saturated heterocycles. The van der Waals surface area contributed by atoms with Crippen molar-refractivity contribution in [1.29, 1.82) is 0 Å². The van der Waals surface area contributed by atoms with Crippen LogP contribution in [0.2, 0.25) is 0 Å². The predicted octanol–water partition coefficient (Wildman–Crippen LogP) is 3.11. The number of hydrogen-bond donors (Lipinski definition) is 0. The Morgan fingerprint density at radius 3 is 2.62 bits per heavy atom. The minimum Gasteiger partial charge on any atom is -0.494 e. The van der Waals surface area contributed by atoms with Crippen molar-refractivity contribution in [3.05, 3.63) is 64.9 Å². The van der Waals surface area contributed by atoms with E-state index in [1.165, 1.54) is 18.0 Å². The lowest BCUT2D eigenvalue weighted by atomic mass is 9.99. The van der Waals surface area contributed by atoms with Crippen molar-refractivity contribution in [2.75, 3.05) is 13.7 Å². The van der Waals surface area contributed by atoms with Crippen molar-refractivity contribution in [3.8, 4) is 17.0 Å². The minimum atomic E-state index is -1.51. The van der Waals surface area contributed by atoms with E-state index in [1.807, 2.05) is 0 Å². The number of benzene rings is 1. The molecule has 1 amide bonds. The molecular weight excluding hydrogens is 385 g/mol. The average Bonchev–Trinajstić information content (AvgIpc) is 3.05. The van der Waals surface area contributed by atoms with E-state index in [0.29, 0.717) is 30.1 Å². The summed E-state index contributed by atoms with van der Waals surface area (Å²) in [6.45, 7) is 0.588. The maximum atomic E-state index is 13.7. The Balaban J connectivity index is 1.67. The fourth-order valence-corrected chi connectivity index (χ4v) is 3.61. The zero-order chi connectivity index (χ0) is 20.7. The normalized spacial score (nSPS) is 13.3. The summed E-state index contributed by atoms with van der Waals surface area (Å²) in [5, 5.41) is 4.41. The average molecular weight is 402 g/mol. The molecule has 0 N–H and O–H groups in total. The SMILES string of the molecule is COc1cccnc1C(=O)N1CCc2c(nn(C)c2-c2cc(F)c(F)c(F)c2)C1. The number of nitrogens with zero attached hydrogens (tertiary/aromatic N) is 4. The molecular formula is C20H17F3N4O2. The van der Waals surface area contributed by atoms with Crippen molar-refractivity contribution >= 4 is 5.91 Å². The van der Waals surface area contributed by atoms with E-state index in [9.17, 15) is 18.0 Å². The molecule has 4 rings (SSSR count). The molecule has 9 heteroatoms. The summed E-state index contributed by atoms with van der Waals surface area (Å²) >= 11 is 0. The summed E-state index contributed by atoms with van der Waals surface area (Å²) < 4.78 is 47.4. The van der Waals surface area contributed by atoms with Gasteiger partial charge in [0.15, 0.2) is 23.1 Å². The third-order valence-corrected chi connectivity index (χ3v) is 4.94. The van der Waals surface area contributed by atoms with Gasteiger partial charge >= 0.3 is 0 Å². The van der Waals surface area contributed by atoms with Crippen molar-refractivity contribution in [1.82, 2.24) is 19.7 Å². The van der Waals surface area contributed by atoms with E-state index in [4.69, 9.17) is 4.74 Å². The summed E-state index contributed by atoms with van der Waals surface area (Å²) in [6.07, 6.45) is 1.95. The van der Waals surface area contributed by atoms with Crippen molar-refractivity contribution < 1.29 is 22.7 Å². The van der Waals surface area contributed by atoms with Gasteiger partial charge in [0, 0.05) is 30.9 Å². The molecule has 3 aromatic rings. The molecule has 0 fully saturated rings. The number of carbonyl (C=O) groups is 1. The topological polar surface area (TPSA) is 60.2 Å². The Kier molecular flexibility index (Phi) is 4.73. The third-order valence-electron chi connectivity index (χ3n) is 4.94. The summed E-state index contributed by atoms with van der Waals surface area (Å²) in [5.41, 5.74) is 2.29. The van der Waals surface area contributed by atoms with Crippen LogP contribution in [0, 0.1) is 17.5 Å². The molecule has 0 bridgehead atoms. The van der Waals surface area contributed by atoms with E-state index in [1.54, 1.807) is 24.1 Å². The number of halogens is 3. The molecule has 0 saturated carbocycles. The molecule has 150 valence electrons. The highest BCUT2D eigenvalue weighted by Gasteiger charge is 2.30. The van der Waals surface area contributed by atoms with Gasteiger partial charge in [0.2, 0.25) is 0 Å². The van der Waals surface area contributed by atoms with Gasteiger partial charge in [-0.05, 0) is 30.7 Å². The molecule has 0 atom stereocenters. The molecule has 6 nitrogen and oxygen atoms in total. The maximum absolute atomic E-state index is 13.7. The van der Waals surface area contributed by atoms with Crippen LogP contribution in [0.4, 0.5) is 13.2 Å². The smallest absolute Gasteiger partial charge is 0.276 e. The summed E-state index contributed by atoms with van der Waals surface area (Å²) in [4.78, 5) is 18.6. The summed E-state index contributed by atoms with van der Waals surface area (Å²) in [6, 6.07) is 5.24. The van der Waals surface area contributed by atoms with Gasteiger partial charge in [-0.15, -0.1) is 0 Å². The number of carbonyl (C=O) groups excluding carboxylic acids is 1. The lowest BCUT2D eigenvalue weighted by molar-refractivity contribution is 0.0722. The van der Waals surface area contributed by atoms with Gasteiger partial charge in [0.05, 0.1) is 25.0 Å². The standard InChI is InChI=1S/C20H17F3N4O2/c1-26-19(11-8-13(21)17(23)14(22)9-11)12-5-7-27(10-15(12)25-26)20(28)18-16(29-2)4-3-6-24-18/h3-4,6,8-9H,5,7,10H2,1-2H3. The first-order valence-corrected chi connectivity index (χ1v) is 8.88. The Morgan fingerprint density at radius 1 is 1.21 bits per heavy atom. The van der Waals surface area contributed by atoms with E-state index in [0.717, 1.165) is 17.7 Å². The van der Waals surface area contributed by atoms with Gasteiger partial charge in [-0.1, -0.05) is 0 Å². The van der Waals surface area contributed by atoms with E-state index in [2.05, 4.69) is 10.1 Å². The molecule has 0 unspecified atom stereocenters. The molecule has 1 aliphatic heterocycles. The minimum absolute atomic E-state index is 0.198. The van der Waals surface area contributed by atoms with Crippen LogP contribution < -0.4 is 4.74 Å². The Labute approximate surface area is 164 Å².